The van der Waals surface area contributed by atoms with E-state index in [0.29, 0.717) is 11.7 Å². The van der Waals surface area contributed by atoms with E-state index in [0.717, 1.165) is 10.0 Å². The molecule has 2 aromatic rings. The molecule has 0 spiro atoms. The highest BCUT2D eigenvalue weighted by atomic mass is 79.9. The molecule has 0 amide bonds. The van der Waals surface area contributed by atoms with Crippen LogP contribution in [0.25, 0.3) is 11.5 Å². The van der Waals surface area contributed by atoms with Gasteiger partial charge < -0.3 is 4.42 Å². The van der Waals surface area contributed by atoms with Gasteiger partial charge in [0.1, 0.15) is 11.5 Å². The molecule has 0 radical (unpaired) electrons. The van der Waals surface area contributed by atoms with Crippen molar-refractivity contribution in [2.75, 3.05) is 0 Å². The van der Waals surface area contributed by atoms with Crippen LogP contribution in [0.2, 0.25) is 0 Å². The summed E-state index contributed by atoms with van der Waals surface area (Å²) in [6.07, 6.45) is 1.88. The van der Waals surface area contributed by atoms with Crippen LogP contribution in [0, 0.1) is 0 Å². The number of aromatic nitrogens is 1. The van der Waals surface area contributed by atoms with Crippen molar-refractivity contribution in [1.82, 2.24) is 4.98 Å². The van der Waals surface area contributed by atoms with Crippen LogP contribution in [0.1, 0.15) is 12.7 Å². The fourth-order valence-corrected chi connectivity index (χ4v) is 1.85. The number of carbonyl (C=O) groups is 1. The molecule has 0 atom stereocenters. The number of hydrogen-bond acceptors (Lipinski definition) is 3. The van der Waals surface area contributed by atoms with Gasteiger partial charge in [0.2, 0.25) is 5.89 Å². The molecule has 0 N–H and O–H groups in total. The summed E-state index contributed by atoms with van der Waals surface area (Å²) < 4.78 is 6.42. The molecule has 0 bridgehead atoms. The van der Waals surface area contributed by atoms with Crippen LogP contribution in [0.3, 0.4) is 0 Å². The topological polar surface area (TPSA) is 43.1 Å². The van der Waals surface area contributed by atoms with E-state index >= 15 is 0 Å². The summed E-state index contributed by atoms with van der Waals surface area (Å²) in [7, 11) is 0. The fourth-order valence-electron chi connectivity index (χ4n) is 1.39. The molecule has 1 heterocycles. The second kappa shape index (κ2) is 4.61. The monoisotopic (exact) mass is 279 g/mol. The standard InChI is InChI=1S/C12H10BrNO2/c1-8(15)6-9-7-14-12(16-9)10-4-2-3-5-11(10)13/h2-5,7H,6H2,1H3. The Kier molecular flexibility index (Phi) is 3.19. The van der Waals surface area contributed by atoms with Gasteiger partial charge in [-0.25, -0.2) is 4.98 Å². The molecule has 4 heteroatoms. The molecule has 0 aliphatic heterocycles. The molecule has 2 rings (SSSR count). The van der Waals surface area contributed by atoms with E-state index in [1.807, 2.05) is 24.3 Å². The van der Waals surface area contributed by atoms with E-state index in [-0.39, 0.29) is 12.2 Å². The molecule has 0 aliphatic carbocycles. The number of ketones is 1. The van der Waals surface area contributed by atoms with Gasteiger partial charge in [0.15, 0.2) is 0 Å². The Bertz CT molecular complexity index is 519. The summed E-state index contributed by atoms with van der Waals surface area (Å²) in [6.45, 7) is 1.53. The Morgan fingerprint density at radius 2 is 2.19 bits per heavy atom. The van der Waals surface area contributed by atoms with E-state index in [4.69, 9.17) is 4.42 Å². The minimum absolute atomic E-state index is 0.0647. The van der Waals surface area contributed by atoms with Crippen molar-refractivity contribution >= 4 is 21.7 Å². The molecule has 0 saturated heterocycles. The molecule has 82 valence electrons. The Hall–Kier alpha value is -1.42. The summed E-state index contributed by atoms with van der Waals surface area (Å²) >= 11 is 3.43. The van der Waals surface area contributed by atoms with Crippen molar-refractivity contribution in [3.8, 4) is 11.5 Å². The van der Waals surface area contributed by atoms with Crippen LogP contribution in [0.4, 0.5) is 0 Å². The first-order valence-corrected chi connectivity index (χ1v) is 5.65. The lowest BCUT2D eigenvalue weighted by Crippen LogP contribution is -1.93. The lowest BCUT2D eigenvalue weighted by Gasteiger charge is -1.98. The van der Waals surface area contributed by atoms with E-state index in [2.05, 4.69) is 20.9 Å². The maximum absolute atomic E-state index is 10.9. The van der Waals surface area contributed by atoms with E-state index in [1.54, 1.807) is 6.20 Å². The molecule has 3 nitrogen and oxygen atoms in total. The third kappa shape index (κ3) is 2.39. The van der Waals surface area contributed by atoms with Gasteiger partial charge in [-0.15, -0.1) is 0 Å². The normalized spacial score (nSPS) is 10.4. The number of oxazole rings is 1. The molecule has 0 aliphatic rings. The average Bonchev–Trinajstić information content (AvgIpc) is 2.66. The molecule has 0 unspecified atom stereocenters. The van der Waals surface area contributed by atoms with Crippen molar-refractivity contribution in [2.45, 2.75) is 13.3 Å². The van der Waals surface area contributed by atoms with Gasteiger partial charge in [0.25, 0.3) is 0 Å². The first kappa shape index (κ1) is 11.1. The molecule has 0 fully saturated rings. The summed E-state index contributed by atoms with van der Waals surface area (Å²) in [5.41, 5.74) is 0.886. The van der Waals surface area contributed by atoms with Crippen molar-refractivity contribution in [3.63, 3.8) is 0 Å². The predicted molar refractivity (Wildman–Crippen MR) is 64.0 cm³/mol. The number of halogens is 1. The molecule has 1 aromatic heterocycles. The third-order valence-corrected chi connectivity index (χ3v) is 2.77. The highest BCUT2D eigenvalue weighted by Gasteiger charge is 2.10. The largest absolute Gasteiger partial charge is 0.441 e. The van der Waals surface area contributed by atoms with Crippen molar-refractivity contribution in [3.05, 3.63) is 40.7 Å². The molecule has 16 heavy (non-hydrogen) atoms. The molecule has 0 saturated carbocycles. The van der Waals surface area contributed by atoms with Gasteiger partial charge in [-0.2, -0.15) is 0 Å². The zero-order valence-corrected chi connectivity index (χ0v) is 10.3. The van der Waals surface area contributed by atoms with Crippen LogP contribution in [-0.2, 0) is 11.2 Å². The van der Waals surface area contributed by atoms with E-state index in [9.17, 15) is 4.79 Å². The number of hydrogen-bond donors (Lipinski definition) is 0. The second-order valence-electron chi connectivity index (χ2n) is 3.49. The maximum Gasteiger partial charge on any atom is 0.227 e. The second-order valence-corrected chi connectivity index (χ2v) is 4.34. The minimum Gasteiger partial charge on any atom is -0.441 e. The Morgan fingerprint density at radius 1 is 1.44 bits per heavy atom. The SMILES string of the molecule is CC(=O)Cc1cnc(-c2ccccc2Br)o1. The summed E-state index contributed by atoms with van der Waals surface area (Å²) in [5, 5.41) is 0. The van der Waals surface area contributed by atoms with Crippen LogP contribution < -0.4 is 0 Å². The minimum atomic E-state index is 0.0647. The van der Waals surface area contributed by atoms with Gasteiger partial charge in [-0.3, -0.25) is 4.79 Å². The number of Topliss-reactive ketones (excluding diaryl/α,β-unsaturated/α-hetero) is 1. The van der Waals surface area contributed by atoms with Gasteiger partial charge >= 0.3 is 0 Å². The highest BCUT2D eigenvalue weighted by Crippen LogP contribution is 2.27. The van der Waals surface area contributed by atoms with Crippen molar-refractivity contribution in [1.29, 1.82) is 0 Å². The lowest BCUT2D eigenvalue weighted by atomic mass is 10.2. The predicted octanol–water partition coefficient (Wildman–Crippen LogP) is 3.24. The van der Waals surface area contributed by atoms with Crippen LogP contribution in [0.15, 0.2) is 39.4 Å². The molecular formula is C12H10BrNO2. The number of rotatable bonds is 3. The number of benzene rings is 1. The van der Waals surface area contributed by atoms with Crippen LogP contribution in [-0.4, -0.2) is 10.8 Å². The van der Waals surface area contributed by atoms with Crippen molar-refractivity contribution < 1.29 is 9.21 Å². The lowest BCUT2D eigenvalue weighted by molar-refractivity contribution is -0.116. The first-order chi connectivity index (χ1) is 7.66. The van der Waals surface area contributed by atoms with Gasteiger partial charge in [-0.05, 0) is 35.0 Å². The Morgan fingerprint density at radius 3 is 2.88 bits per heavy atom. The fraction of sp³-hybridized carbons (Fsp3) is 0.167. The van der Waals surface area contributed by atoms with Gasteiger partial charge in [0.05, 0.1) is 18.2 Å². The summed E-state index contributed by atoms with van der Waals surface area (Å²) in [6, 6.07) is 7.67. The maximum atomic E-state index is 10.9. The summed E-state index contributed by atoms with van der Waals surface area (Å²) in [5.74, 6) is 1.19. The van der Waals surface area contributed by atoms with Crippen LogP contribution >= 0.6 is 15.9 Å². The van der Waals surface area contributed by atoms with Crippen LogP contribution in [0.5, 0.6) is 0 Å². The highest BCUT2D eigenvalue weighted by molar-refractivity contribution is 9.10. The molecular weight excluding hydrogens is 270 g/mol. The molecule has 1 aromatic carbocycles. The number of carbonyl (C=O) groups excluding carboxylic acids is 1. The average molecular weight is 280 g/mol. The van der Waals surface area contributed by atoms with Gasteiger partial charge in [-0.1, -0.05) is 12.1 Å². The summed E-state index contributed by atoms with van der Waals surface area (Å²) in [4.78, 5) is 15.1. The quantitative estimate of drug-likeness (QED) is 0.866. The Balaban J connectivity index is 2.32. The van der Waals surface area contributed by atoms with E-state index < -0.39 is 0 Å². The smallest absolute Gasteiger partial charge is 0.227 e. The van der Waals surface area contributed by atoms with Gasteiger partial charge in [0, 0.05) is 4.47 Å². The van der Waals surface area contributed by atoms with E-state index in [1.165, 1.54) is 6.92 Å². The number of nitrogens with zero attached hydrogens (tertiary/aromatic N) is 1. The zero-order chi connectivity index (χ0) is 11.5. The first-order valence-electron chi connectivity index (χ1n) is 4.86. The zero-order valence-electron chi connectivity index (χ0n) is 8.74. The van der Waals surface area contributed by atoms with Crippen molar-refractivity contribution in [2.24, 2.45) is 0 Å². The Labute approximate surface area is 102 Å². The third-order valence-electron chi connectivity index (χ3n) is 2.08.